The van der Waals surface area contributed by atoms with Crippen molar-refractivity contribution in [2.24, 2.45) is 4.99 Å². The number of hydrogen-bond acceptors (Lipinski definition) is 6. The van der Waals surface area contributed by atoms with Crippen LogP contribution in [0, 0.1) is 12.3 Å². The Morgan fingerprint density at radius 1 is 1.16 bits per heavy atom. The van der Waals surface area contributed by atoms with E-state index in [4.69, 9.17) is 15.9 Å². The van der Waals surface area contributed by atoms with Crippen LogP contribution in [-0.4, -0.2) is 38.9 Å². The summed E-state index contributed by atoms with van der Waals surface area (Å²) in [7, 11) is -0.176. The Kier molecular flexibility index (Phi) is 6.83. The molecular weight excluding hydrogens is 436 g/mol. The lowest BCUT2D eigenvalue weighted by atomic mass is 10.1. The van der Waals surface area contributed by atoms with Gasteiger partial charge in [-0.15, -0.1) is 6.42 Å². The summed E-state index contributed by atoms with van der Waals surface area (Å²) < 4.78 is 37.2. The van der Waals surface area contributed by atoms with E-state index in [2.05, 4.69) is 10.9 Å². The molecule has 3 rings (SSSR count). The van der Waals surface area contributed by atoms with Gasteiger partial charge in [0, 0.05) is 12.1 Å². The summed E-state index contributed by atoms with van der Waals surface area (Å²) in [6.07, 6.45) is 5.57. The smallest absolute Gasteiger partial charge is 0.252 e. The predicted octanol–water partition coefficient (Wildman–Crippen LogP) is 2.82. The number of terminal acetylenes is 1. The monoisotopic (exact) mass is 458 g/mol. The molecule has 1 heterocycles. The Morgan fingerprint density at radius 3 is 2.39 bits per heavy atom. The second-order valence-electron chi connectivity index (χ2n) is 6.58. The van der Waals surface area contributed by atoms with E-state index in [9.17, 15) is 13.2 Å². The first kappa shape index (κ1) is 22.6. The van der Waals surface area contributed by atoms with Gasteiger partial charge >= 0.3 is 0 Å². The Morgan fingerprint density at radius 2 is 1.81 bits per heavy atom. The van der Waals surface area contributed by atoms with Gasteiger partial charge in [0.05, 0.1) is 48.1 Å². The number of benzene rings is 2. The van der Waals surface area contributed by atoms with Crippen LogP contribution in [0.25, 0.3) is 10.2 Å². The van der Waals surface area contributed by atoms with Crippen LogP contribution < -0.4 is 14.3 Å². The molecule has 0 aliphatic carbocycles. The number of fused-ring (bicyclic) bond motifs is 1. The Bertz CT molecular complexity index is 1330. The van der Waals surface area contributed by atoms with Gasteiger partial charge in [0.15, 0.2) is 26.1 Å². The predicted molar refractivity (Wildman–Crippen MR) is 120 cm³/mol. The van der Waals surface area contributed by atoms with Gasteiger partial charge in [-0.05, 0) is 17.7 Å². The lowest BCUT2D eigenvalue weighted by molar-refractivity contribution is -0.117. The maximum absolute atomic E-state index is 12.6. The number of rotatable bonds is 7. The number of carbonyl (C=O) groups is 1. The van der Waals surface area contributed by atoms with Crippen molar-refractivity contribution in [3.8, 4) is 23.8 Å². The molecule has 2 aromatic carbocycles. The highest BCUT2D eigenvalue weighted by Gasteiger charge is 2.14. The third-order valence-electron chi connectivity index (χ3n) is 4.68. The fourth-order valence-electron chi connectivity index (χ4n) is 3.03. The van der Waals surface area contributed by atoms with Crippen LogP contribution in [0.4, 0.5) is 0 Å². The molecule has 7 nitrogen and oxygen atoms in total. The number of carbonyl (C=O) groups excluding carboxylic acids is 1. The van der Waals surface area contributed by atoms with Crippen molar-refractivity contribution >= 4 is 37.3 Å². The molecule has 0 saturated heterocycles. The van der Waals surface area contributed by atoms with Crippen LogP contribution in [0.3, 0.4) is 0 Å². The van der Waals surface area contributed by atoms with Gasteiger partial charge in [-0.2, -0.15) is 4.99 Å². The second-order valence-corrected chi connectivity index (χ2v) is 9.87. The number of aromatic nitrogens is 1. The van der Waals surface area contributed by atoms with Crippen molar-refractivity contribution in [3.05, 3.63) is 46.8 Å². The van der Waals surface area contributed by atoms with Gasteiger partial charge in [-0.3, -0.25) is 4.79 Å². The van der Waals surface area contributed by atoms with E-state index in [0.717, 1.165) is 10.2 Å². The van der Waals surface area contributed by atoms with E-state index in [0.29, 0.717) is 21.9 Å². The number of hydrogen-bond donors (Lipinski definition) is 0. The minimum absolute atomic E-state index is 0.0251. The van der Waals surface area contributed by atoms with Crippen LogP contribution in [0.5, 0.6) is 11.5 Å². The molecule has 0 aliphatic heterocycles. The maximum Gasteiger partial charge on any atom is 0.252 e. The molecule has 0 spiro atoms. The molecule has 0 N–H and O–H groups in total. The Labute approximate surface area is 184 Å². The lowest BCUT2D eigenvalue weighted by Gasteiger charge is -2.08. The van der Waals surface area contributed by atoms with Crippen molar-refractivity contribution in [1.29, 1.82) is 0 Å². The highest BCUT2D eigenvalue weighted by molar-refractivity contribution is 7.91. The van der Waals surface area contributed by atoms with Gasteiger partial charge in [-0.25, -0.2) is 8.42 Å². The summed E-state index contributed by atoms with van der Waals surface area (Å²) in [5.41, 5.74) is 1.47. The maximum atomic E-state index is 12.6. The number of nitrogens with zero attached hydrogens (tertiary/aromatic N) is 2. The minimum atomic E-state index is -3.28. The summed E-state index contributed by atoms with van der Waals surface area (Å²) >= 11 is 1.33. The Balaban J connectivity index is 1.96. The molecule has 1 amide bonds. The van der Waals surface area contributed by atoms with Gasteiger partial charge < -0.3 is 14.0 Å². The summed E-state index contributed by atoms with van der Waals surface area (Å²) in [5.74, 6) is 3.38. The van der Waals surface area contributed by atoms with Crippen molar-refractivity contribution in [2.75, 3.05) is 20.0 Å². The minimum Gasteiger partial charge on any atom is -0.493 e. The van der Waals surface area contributed by atoms with Crippen LogP contribution in [0.1, 0.15) is 12.5 Å². The molecule has 0 saturated carbocycles. The van der Waals surface area contributed by atoms with Crippen molar-refractivity contribution in [3.63, 3.8) is 0 Å². The van der Waals surface area contributed by atoms with Crippen LogP contribution in [-0.2, 0) is 27.6 Å². The molecule has 3 aromatic rings. The zero-order valence-corrected chi connectivity index (χ0v) is 19.0. The van der Waals surface area contributed by atoms with E-state index >= 15 is 0 Å². The van der Waals surface area contributed by atoms with Gasteiger partial charge in [0.1, 0.15) is 0 Å². The number of thiazole rings is 1. The average molecular weight is 459 g/mol. The van der Waals surface area contributed by atoms with Crippen molar-refractivity contribution in [1.82, 2.24) is 4.57 Å². The molecule has 0 unspecified atom stereocenters. The molecule has 1 aromatic heterocycles. The first-order valence-corrected chi connectivity index (χ1v) is 11.9. The third kappa shape index (κ3) is 4.81. The highest BCUT2D eigenvalue weighted by Crippen LogP contribution is 2.33. The number of sulfone groups is 1. The fraction of sp³-hybridized carbons (Fsp3) is 0.273. The van der Waals surface area contributed by atoms with E-state index in [1.165, 1.54) is 23.5 Å². The molecule has 0 aliphatic rings. The molecular formula is C22H22N2O5S2. The van der Waals surface area contributed by atoms with Crippen molar-refractivity contribution in [2.45, 2.75) is 24.8 Å². The van der Waals surface area contributed by atoms with E-state index in [1.807, 2.05) is 6.07 Å². The first-order valence-electron chi connectivity index (χ1n) is 9.41. The van der Waals surface area contributed by atoms with Crippen LogP contribution >= 0.6 is 11.3 Å². The lowest BCUT2D eigenvalue weighted by Crippen LogP contribution is -2.17. The van der Waals surface area contributed by atoms with Crippen LogP contribution in [0.2, 0.25) is 0 Å². The standard InChI is InChI=1S/C22H22N2O5S2/c1-5-11-24-17-13-18(28-3)19(29-4)14-20(17)30-22(24)23-21(25)12-15-7-9-16(10-8-15)31(26,27)6-2/h1,7-10,13-14H,6,11-12H2,2-4H3. The molecule has 0 bridgehead atoms. The zero-order valence-electron chi connectivity index (χ0n) is 17.4. The summed E-state index contributed by atoms with van der Waals surface area (Å²) in [4.78, 5) is 17.6. The fourth-order valence-corrected chi connectivity index (χ4v) is 4.97. The normalized spacial score (nSPS) is 12.0. The molecule has 0 atom stereocenters. The molecule has 0 fully saturated rings. The summed E-state index contributed by atoms with van der Waals surface area (Å²) in [6, 6.07) is 9.91. The largest absolute Gasteiger partial charge is 0.493 e. The van der Waals surface area contributed by atoms with Crippen LogP contribution in [0.15, 0.2) is 46.3 Å². The second kappa shape index (κ2) is 9.37. The number of ether oxygens (including phenoxy) is 2. The summed E-state index contributed by atoms with van der Waals surface area (Å²) in [5, 5.41) is 0. The van der Waals surface area contributed by atoms with Gasteiger partial charge in [0.25, 0.3) is 5.91 Å². The quantitative estimate of drug-likeness (QED) is 0.508. The molecule has 0 radical (unpaired) electrons. The first-order chi connectivity index (χ1) is 14.8. The summed E-state index contributed by atoms with van der Waals surface area (Å²) in [6.45, 7) is 1.83. The zero-order chi connectivity index (χ0) is 22.6. The number of amides is 1. The third-order valence-corrected chi connectivity index (χ3v) is 7.47. The van der Waals surface area contributed by atoms with E-state index in [-0.39, 0.29) is 29.5 Å². The molecule has 9 heteroatoms. The topological polar surface area (TPSA) is 87.0 Å². The molecule has 31 heavy (non-hydrogen) atoms. The van der Waals surface area contributed by atoms with Gasteiger partial charge in [0.2, 0.25) is 0 Å². The van der Waals surface area contributed by atoms with E-state index in [1.54, 1.807) is 43.9 Å². The van der Waals surface area contributed by atoms with E-state index < -0.39 is 9.84 Å². The highest BCUT2D eigenvalue weighted by atomic mass is 32.2. The van der Waals surface area contributed by atoms with Gasteiger partial charge in [-0.1, -0.05) is 36.3 Å². The SMILES string of the molecule is C#CCn1c(=NC(=O)Cc2ccc(S(=O)(=O)CC)cc2)sc2cc(OC)c(OC)cc21. The molecule has 162 valence electrons. The number of methoxy groups -OCH3 is 2. The van der Waals surface area contributed by atoms with Crippen molar-refractivity contribution < 1.29 is 22.7 Å². The Hall–Kier alpha value is -3.09. The average Bonchev–Trinajstić information content (AvgIpc) is 3.09.